The number of benzene rings is 1. The van der Waals surface area contributed by atoms with Crippen molar-refractivity contribution >= 4 is 21.8 Å². The fourth-order valence-electron chi connectivity index (χ4n) is 1.26. The lowest BCUT2D eigenvalue weighted by Gasteiger charge is -2.14. The van der Waals surface area contributed by atoms with Crippen molar-refractivity contribution in [1.82, 2.24) is 5.32 Å². The molecule has 0 aliphatic rings. The van der Waals surface area contributed by atoms with Gasteiger partial charge in [0.2, 0.25) is 5.91 Å². The van der Waals surface area contributed by atoms with Gasteiger partial charge < -0.3 is 10.1 Å². The van der Waals surface area contributed by atoms with Crippen LogP contribution >= 0.6 is 15.9 Å². The van der Waals surface area contributed by atoms with Gasteiger partial charge in [0, 0.05) is 0 Å². The van der Waals surface area contributed by atoms with E-state index >= 15 is 0 Å². The number of rotatable bonds is 6. The maximum absolute atomic E-state index is 11.6. The summed E-state index contributed by atoms with van der Waals surface area (Å²) in [5.41, 5.74) is 0. The van der Waals surface area contributed by atoms with Gasteiger partial charge in [0.15, 0.2) is 0 Å². The Morgan fingerprint density at radius 2 is 2.00 bits per heavy atom. The van der Waals surface area contributed by atoms with Crippen LogP contribution in [0.3, 0.4) is 0 Å². The van der Waals surface area contributed by atoms with Crippen molar-refractivity contribution in [3.63, 3.8) is 0 Å². The van der Waals surface area contributed by atoms with Gasteiger partial charge >= 0.3 is 0 Å². The van der Waals surface area contributed by atoms with Crippen molar-refractivity contribution in [2.75, 3.05) is 13.2 Å². The maximum atomic E-state index is 11.6. The predicted octanol–water partition coefficient (Wildman–Crippen LogP) is 2.60. The fraction of sp³-hybridized carbons (Fsp3) is 0.462. The quantitative estimate of drug-likeness (QED) is 0.648. The molecule has 3 nitrogen and oxygen atoms in total. The lowest BCUT2D eigenvalue weighted by Crippen LogP contribution is -2.36. The number of hydrogen-bond donors (Lipinski definition) is 1. The highest BCUT2D eigenvalue weighted by Gasteiger charge is 2.17. The number of hydrogen-bond acceptors (Lipinski definition) is 2. The lowest BCUT2D eigenvalue weighted by molar-refractivity contribution is -0.121. The number of nitrogens with one attached hydrogen (secondary N) is 1. The molecule has 0 aliphatic heterocycles. The van der Waals surface area contributed by atoms with Gasteiger partial charge in [-0.15, -0.1) is 0 Å². The summed E-state index contributed by atoms with van der Waals surface area (Å²) in [5, 5.41) is 2.82. The largest absolute Gasteiger partial charge is 0.492 e. The van der Waals surface area contributed by atoms with E-state index in [0.717, 1.165) is 5.75 Å². The van der Waals surface area contributed by atoms with Gasteiger partial charge in [-0.3, -0.25) is 4.79 Å². The van der Waals surface area contributed by atoms with Crippen molar-refractivity contribution in [3.8, 4) is 5.75 Å². The zero-order valence-electron chi connectivity index (χ0n) is 10.2. The Kier molecular flexibility index (Phi) is 6.05. The zero-order chi connectivity index (χ0) is 12.7. The first-order chi connectivity index (χ1) is 8.11. The molecule has 4 heteroatoms. The van der Waals surface area contributed by atoms with Gasteiger partial charge in [0.25, 0.3) is 0 Å². The van der Waals surface area contributed by atoms with Crippen molar-refractivity contribution in [1.29, 1.82) is 0 Å². The van der Waals surface area contributed by atoms with Crippen LogP contribution < -0.4 is 10.1 Å². The monoisotopic (exact) mass is 299 g/mol. The van der Waals surface area contributed by atoms with E-state index in [1.165, 1.54) is 0 Å². The highest BCUT2D eigenvalue weighted by atomic mass is 79.9. The minimum Gasteiger partial charge on any atom is -0.492 e. The molecule has 1 amide bonds. The van der Waals surface area contributed by atoms with Gasteiger partial charge in [-0.25, -0.2) is 0 Å². The van der Waals surface area contributed by atoms with Crippen molar-refractivity contribution in [3.05, 3.63) is 30.3 Å². The molecule has 94 valence electrons. The van der Waals surface area contributed by atoms with E-state index in [4.69, 9.17) is 4.74 Å². The average molecular weight is 300 g/mol. The molecule has 0 bridgehead atoms. The van der Waals surface area contributed by atoms with E-state index in [-0.39, 0.29) is 16.7 Å². The van der Waals surface area contributed by atoms with Crippen LogP contribution in [0.5, 0.6) is 5.75 Å². The van der Waals surface area contributed by atoms with E-state index in [1.54, 1.807) is 0 Å². The fourth-order valence-corrected chi connectivity index (χ4v) is 1.42. The van der Waals surface area contributed by atoms with E-state index in [9.17, 15) is 4.79 Å². The first-order valence-electron chi connectivity index (χ1n) is 5.71. The third kappa shape index (κ3) is 5.22. The number of carbonyl (C=O) groups excluding carboxylic acids is 1. The van der Waals surface area contributed by atoms with E-state index in [2.05, 4.69) is 21.2 Å². The topological polar surface area (TPSA) is 38.3 Å². The molecule has 0 fully saturated rings. The number of alkyl halides is 1. The normalized spacial score (nSPS) is 12.2. The van der Waals surface area contributed by atoms with E-state index in [1.807, 2.05) is 44.2 Å². The molecule has 0 heterocycles. The van der Waals surface area contributed by atoms with Crippen molar-refractivity contribution in [2.45, 2.75) is 18.7 Å². The van der Waals surface area contributed by atoms with Crippen molar-refractivity contribution in [2.24, 2.45) is 5.92 Å². The van der Waals surface area contributed by atoms with Crippen LogP contribution in [0.1, 0.15) is 13.8 Å². The number of para-hydroxylation sites is 1. The number of ether oxygens (including phenoxy) is 1. The SMILES string of the molecule is CC(C)C(Br)C(=O)NCCOc1ccccc1. The van der Waals surface area contributed by atoms with Crippen LogP contribution in [0.4, 0.5) is 0 Å². The third-order valence-corrected chi connectivity index (χ3v) is 3.72. The van der Waals surface area contributed by atoms with E-state index < -0.39 is 0 Å². The molecule has 0 saturated carbocycles. The molecule has 0 radical (unpaired) electrons. The molecule has 1 atom stereocenters. The van der Waals surface area contributed by atoms with Gasteiger partial charge in [0.05, 0.1) is 11.4 Å². The van der Waals surface area contributed by atoms with Crippen LogP contribution in [0.15, 0.2) is 30.3 Å². The van der Waals surface area contributed by atoms with Crippen LogP contribution in [0.2, 0.25) is 0 Å². The van der Waals surface area contributed by atoms with Crippen LogP contribution in [0, 0.1) is 5.92 Å². The summed E-state index contributed by atoms with van der Waals surface area (Å²) >= 11 is 3.35. The molecule has 0 spiro atoms. The second-order valence-electron chi connectivity index (χ2n) is 4.10. The predicted molar refractivity (Wildman–Crippen MR) is 72.5 cm³/mol. The highest BCUT2D eigenvalue weighted by molar-refractivity contribution is 9.10. The van der Waals surface area contributed by atoms with E-state index in [0.29, 0.717) is 13.2 Å². The molecule has 1 aromatic carbocycles. The Balaban J connectivity index is 2.18. The van der Waals surface area contributed by atoms with Gasteiger partial charge in [-0.1, -0.05) is 48.0 Å². The van der Waals surface area contributed by atoms with Crippen LogP contribution in [0.25, 0.3) is 0 Å². The summed E-state index contributed by atoms with van der Waals surface area (Å²) in [5.74, 6) is 1.11. The van der Waals surface area contributed by atoms with Gasteiger partial charge in [-0.2, -0.15) is 0 Å². The maximum Gasteiger partial charge on any atom is 0.234 e. The standard InChI is InChI=1S/C13H18BrNO2/c1-10(2)12(14)13(16)15-8-9-17-11-6-4-3-5-7-11/h3-7,10,12H,8-9H2,1-2H3,(H,15,16). The highest BCUT2D eigenvalue weighted by Crippen LogP contribution is 2.11. The summed E-state index contributed by atoms with van der Waals surface area (Å²) in [6.07, 6.45) is 0. The first-order valence-corrected chi connectivity index (χ1v) is 6.62. The molecule has 0 aliphatic carbocycles. The Morgan fingerprint density at radius 1 is 1.35 bits per heavy atom. The Labute approximate surface area is 111 Å². The third-order valence-electron chi connectivity index (χ3n) is 2.25. The molecule has 1 aromatic rings. The first kappa shape index (κ1) is 14.0. The Hall–Kier alpha value is -1.03. The van der Waals surface area contributed by atoms with Crippen LogP contribution in [-0.2, 0) is 4.79 Å². The number of halogens is 1. The smallest absolute Gasteiger partial charge is 0.234 e. The molecular formula is C13H18BrNO2. The Bertz CT molecular complexity index is 341. The van der Waals surface area contributed by atoms with Gasteiger partial charge in [0.1, 0.15) is 12.4 Å². The molecule has 1 rings (SSSR count). The summed E-state index contributed by atoms with van der Waals surface area (Å²) < 4.78 is 5.47. The molecule has 17 heavy (non-hydrogen) atoms. The summed E-state index contributed by atoms with van der Waals surface area (Å²) in [7, 11) is 0. The average Bonchev–Trinajstić information content (AvgIpc) is 2.34. The minimum atomic E-state index is -0.140. The lowest BCUT2D eigenvalue weighted by atomic mass is 10.1. The molecular weight excluding hydrogens is 282 g/mol. The zero-order valence-corrected chi connectivity index (χ0v) is 11.7. The second-order valence-corrected chi connectivity index (χ2v) is 5.08. The molecule has 1 N–H and O–H groups in total. The summed E-state index contributed by atoms with van der Waals surface area (Å²) in [6, 6.07) is 9.56. The van der Waals surface area contributed by atoms with Crippen molar-refractivity contribution < 1.29 is 9.53 Å². The Morgan fingerprint density at radius 3 is 2.59 bits per heavy atom. The number of carbonyl (C=O) groups is 1. The molecule has 0 saturated heterocycles. The molecule has 0 aromatic heterocycles. The summed E-state index contributed by atoms with van der Waals surface area (Å²) in [6.45, 7) is 5.00. The summed E-state index contributed by atoms with van der Waals surface area (Å²) in [4.78, 5) is 11.4. The van der Waals surface area contributed by atoms with Crippen LogP contribution in [-0.4, -0.2) is 23.9 Å². The number of amides is 1. The minimum absolute atomic E-state index is 0.0108. The van der Waals surface area contributed by atoms with Gasteiger partial charge in [-0.05, 0) is 18.1 Å². The second kappa shape index (κ2) is 7.33. The molecule has 1 unspecified atom stereocenters.